The van der Waals surface area contributed by atoms with Crippen LogP contribution in [0.25, 0.3) is 0 Å². The van der Waals surface area contributed by atoms with Crippen molar-refractivity contribution in [2.75, 3.05) is 0 Å². The summed E-state index contributed by atoms with van der Waals surface area (Å²) in [6, 6.07) is 0.467. The fourth-order valence-electron chi connectivity index (χ4n) is 0.821. The molecule has 2 nitrogen and oxygen atoms in total. The van der Waals surface area contributed by atoms with Gasteiger partial charge in [-0.25, -0.2) is 13.2 Å². The highest BCUT2D eigenvalue weighted by atomic mass is 19.2. The Hall–Kier alpha value is -1.65. The van der Waals surface area contributed by atoms with Crippen LogP contribution in [-0.4, -0.2) is 12.6 Å². The first-order valence-corrected chi connectivity index (χ1v) is 3.19. The minimum Gasteiger partial charge on any atom is -0.298 e. The monoisotopic (exact) mass is 188 g/mol. The molecule has 1 aromatic rings. The maximum absolute atomic E-state index is 12.7. The van der Waals surface area contributed by atoms with Gasteiger partial charge in [-0.1, -0.05) is 0 Å². The third-order valence-electron chi connectivity index (χ3n) is 1.47. The molecular formula is C8H3F3O2. The lowest BCUT2D eigenvalue weighted by atomic mass is 10.1. The van der Waals surface area contributed by atoms with Gasteiger partial charge in [-0.15, -0.1) is 0 Å². The van der Waals surface area contributed by atoms with E-state index in [4.69, 9.17) is 0 Å². The van der Waals surface area contributed by atoms with E-state index in [9.17, 15) is 22.8 Å². The summed E-state index contributed by atoms with van der Waals surface area (Å²) >= 11 is 0. The van der Waals surface area contributed by atoms with E-state index in [0.717, 1.165) is 0 Å². The van der Waals surface area contributed by atoms with E-state index in [1.807, 2.05) is 0 Å². The molecule has 68 valence electrons. The number of benzene rings is 1. The molecule has 0 aromatic heterocycles. The highest BCUT2D eigenvalue weighted by Gasteiger charge is 2.17. The van der Waals surface area contributed by atoms with Crippen LogP contribution in [-0.2, 0) is 0 Å². The van der Waals surface area contributed by atoms with Gasteiger partial charge < -0.3 is 0 Å². The number of rotatable bonds is 2. The molecule has 0 unspecified atom stereocenters. The smallest absolute Gasteiger partial charge is 0.173 e. The summed E-state index contributed by atoms with van der Waals surface area (Å²) < 4.78 is 38.1. The van der Waals surface area contributed by atoms with Crippen molar-refractivity contribution in [1.29, 1.82) is 0 Å². The van der Waals surface area contributed by atoms with Gasteiger partial charge in [0.15, 0.2) is 24.2 Å². The van der Waals surface area contributed by atoms with Gasteiger partial charge in [0.25, 0.3) is 0 Å². The third kappa shape index (κ3) is 1.44. The largest absolute Gasteiger partial charge is 0.298 e. The van der Waals surface area contributed by atoms with Crippen LogP contribution in [0.2, 0.25) is 0 Å². The second kappa shape index (κ2) is 3.38. The number of carbonyl (C=O) groups excluding carboxylic acids is 2. The molecule has 0 bridgehead atoms. The SMILES string of the molecule is O=Cc1cc(F)c(C=O)c(F)c1F. The van der Waals surface area contributed by atoms with Crippen molar-refractivity contribution < 1.29 is 22.8 Å². The number of carbonyl (C=O) groups is 2. The molecule has 0 atom stereocenters. The zero-order valence-electron chi connectivity index (χ0n) is 6.18. The summed E-state index contributed by atoms with van der Waals surface area (Å²) in [5, 5.41) is 0. The maximum atomic E-state index is 12.7. The van der Waals surface area contributed by atoms with Crippen LogP contribution < -0.4 is 0 Å². The first kappa shape index (κ1) is 9.44. The Bertz CT molecular complexity index is 374. The molecule has 0 aliphatic heterocycles. The molecule has 0 fully saturated rings. The Morgan fingerprint density at radius 1 is 1.00 bits per heavy atom. The summed E-state index contributed by atoms with van der Waals surface area (Å²) in [7, 11) is 0. The average molecular weight is 188 g/mol. The minimum absolute atomic E-state index is 0.0317. The second-order valence-corrected chi connectivity index (χ2v) is 2.22. The fraction of sp³-hybridized carbons (Fsp3) is 0. The molecule has 0 radical (unpaired) electrons. The van der Waals surface area contributed by atoms with Gasteiger partial charge in [-0.3, -0.25) is 9.59 Å². The normalized spacial score (nSPS) is 9.77. The van der Waals surface area contributed by atoms with Crippen LogP contribution in [0, 0.1) is 17.5 Å². The van der Waals surface area contributed by atoms with Crippen molar-refractivity contribution in [2.24, 2.45) is 0 Å². The van der Waals surface area contributed by atoms with Gasteiger partial charge in [0.05, 0.1) is 11.1 Å². The lowest BCUT2D eigenvalue weighted by molar-refractivity contribution is 0.110. The van der Waals surface area contributed by atoms with Crippen LogP contribution in [0.3, 0.4) is 0 Å². The molecule has 1 aromatic carbocycles. The van der Waals surface area contributed by atoms with E-state index in [1.54, 1.807) is 0 Å². The Kier molecular flexibility index (Phi) is 2.46. The molecule has 13 heavy (non-hydrogen) atoms. The Morgan fingerprint density at radius 2 is 1.62 bits per heavy atom. The number of hydrogen-bond acceptors (Lipinski definition) is 2. The van der Waals surface area contributed by atoms with E-state index in [1.165, 1.54) is 0 Å². The molecule has 0 aliphatic carbocycles. The lowest BCUT2D eigenvalue weighted by Crippen LogP contribution is -2.02. The molecule has 5 heteroatoms. The van der Waals surface area contributed by atoms with Crippen molar-refractivity contribution in [3.05, 3.63) is 34.6 Å². The molecule has 0 aliphatic rings. The van der Waals surface area contributed by atoms with Crippen molar-refractivity contribution in [1.82, 2.24) is 0 Å². The Balaban J connectivity index is 3.54. The van der Waals surface area contributed by atoms with Crippen LogP contribution >= 0.6 is 0 Å². The van der Waals surface area contributed by atoms with Crippen molar-refractivity contribution >= 4 is 12.6 Å². The molecule has 1 rings (SSSR count). The Morgan fingerprint density at radius 3 is 2.08 bits per heavy atom. The van der Waals surface area contributed by atoms with E-state index >= 15 is 0 Å². The predicted molar refractivity (Wildman–Crippen MR) is 37.1 cm³/mol. The zero-order valence-corrected chi connectivity index (χ0v) is 6.18. The molecule has 0 amide bonds. The van der Waals surface area contributed by atoms with Crippen molar-refractivity contribution in [2.45, 2.75) is 0 Å². The van der Waals surface area contributed by atoms with Gasteiger partial charge in [-0.2, -0.15) is 0 Å². The van der Waals surface area contributed by atoms with Crippen molar-refractivity contribution in [3.8, 4) is 0 Å². The van der Waals surface area contributed by atoms with E-state index in [0.29, 0.717) is 6.07 Å². The van der Waals surface area contributed by atoms with Crippen LogP contribution in [0.5, 0.6) is 0 Å². The molecule has 0 saturated heterocycles. The highest BCUT2D eigenvalue weighted by molar-refractivity contribution is 5.80. The summed E-state index contributed by atoms with van der Waals surface area (Å²) in [6.07, 6.45) is -0.182. The average Bonchev–Trinajstić information content (AvgIpc) is 2.12. The van der Waals surface area contributed by atoms with E-state index in [-0.39, 0.29) is 12.6 Å². The minimum atomic E-state index is -1.64. The van der Waals surface area contributed by atoms with Crippen LogP contribution in [0.1, 0.15) is 20.7 Å². The second-order valence-electron chi connectivity index (χ2n) is 2.22. The van der Waals surface area contributed by atoms with Gasteiger partial charge in [-0.05, 0) is 6.07 Å². The number of aldehydes is 2. The zero-order chi connectivity index (χ0) is 10.0. The van der Waals surface area contributed by atoms with Crippen LogP contribution in [0.4, 0.5) is 13.2 Å². The van der Waals surface area contributed by atoms with Crippen molar-refractivity contribution in [3.63, 3.8) is 0 Å². The van der Waals surface area contributed by atoms with Crippen LogP contribution in [0.15, 0.2) is 6.07 Å². The summed E-state index contributed by atoms with van der Waals surface area (Å²) in [5.74, 6) is -4.41. The topological polar surface area (TPSA) is 34.1 Å². The Labute approximate surface area is 71.0 Å². The van der Waals surface area contributed by atoms with E-state index < -0.39 is 28.6 Å². The summed E-state index contributed by atoms with van der Waals surface area (Å²) in [6.45, 7) is 0. The fourth-order valence-corrected chi connectivity index (χ4v) is 0.821. The number of halogens is 3. The molecule has 0 spiro atoms. The predicted octanol–water partition coefficient (Wildman–Crippen LogP) is 1.73. The summed E-state index contributed by atoms with van der Waals surface area (Å²) in [4.78, 5) is 20.1. The highest BCUT2D eigenvalue weighted by Crippen LogP contribution is 2.17. The van der Waals surface area contributed by atoms with Gasteiger partial charge in [0, 0.05) is 0 Å². The maximum Gasteiger partial charge on any atom is 0.173 e. The van der Waals surface area contributed by atoms with E-state index in [2.05, 4.69) is 0 Å². The van der Waals surface area contributed by atoms with Gasteiger partial charge in [0.1, 0.15) is 5.82 Å². The quantitative estimate of drug-likeness (QED) is 0.523. The first-order chi connectivity index (χ1) is 6.11. The number of hydrogen-bond donors (Lipinski definition) is 0. The molecule has 0 saturated carbocycles. The van der Waals surface area contributed by atoms with Gasteiger partial charge >= 0.3 is 0 Å². The third-order valence-corrected chi connectivity index (χ3v) is 1.47. The molecule has 0 N–H and O–H groups in total. The summed E-state index contributed by atoms with van der Waals surface area (Å²) in [5.41, 5.74) is -1.76. The van der Waals surface area contributed by atoms with Gasteiger partial charge in [0.2, 0.25) is 0 Å². The standard InChI is InChI=1S/C8H3F3O2/c9-6-1-4(2-12)7(10)8(11)5(6)3-13/h1-3H. The lowest BCUT2D eigenvalue weighted by Gasteiger charge is -2.00. The molecule has 0 heterocycles. The molecular weight excluding hydrogens is 185 g/mol. The first-order valence-electron chi connectivity index (χ1n) is 3.19.